The van der Waals surface area contributed by atoms with E-state index < -0.39 is 0 Å². The Hall–Kier alpha value is -2.01. The van der Waals surface area contributed by atoms with Gasteiger partial charge in [0.05, 0.1) is 13.2 Å². The molecule has 0 fully saturated rings. The Bertz CT molecular complexity index is 592. The zero-order valence-corrected chi connectivity index (χ0v) is 13.2. The fourth-order valence-corrected chi connectivity index (χ4v) is 2.74. The van der Waals surface area contributed by atoms with Crippen LogP contribution in [0, 0.1) is 6.92 Å². The van der Waals surface area contributed by atoms with Gasteiger partial charge in [0.1, 0.15) is 5.75 Å². The van der Waals surface area contributed by atoms with Crippen LogP contribution in [0.1, 0.15) is 22.7 Å². The van der Waals surface area contributed by atoms with E-state index in [0.29, 0.717) is 5.75 Å². The van der Waals surface area contributed by atoms with Crippen molar-refractivity contribution < 1.29 is 14.3 Å². The van der Waals surface area contributed by atoms with E-state index >= 15 is 0 Å². The molecule has 1 heterocycles. The molecule has 112 valence electrons. The third kappa shape index (κ3) is 4.49. The summed E-state index contributed by atoms with van der Waals surface area (Å²) in [6.45, 7) is 4.16. The van der Waals surface area contributed by atoms with Crippen LogP contribution in [0.15, 0.2) is 36.4 Å². The molecule has 0 bridgehead atoms. The van der Waals surface area contributed by atoms with Gasteiger partial charge in [-0.05, 0) is 50.2 Å². The Morgan fingerprint density at radius 3 is 2.52 bits per heavy atom. The lowest BCUT2D eigenvalue weighted by Crippen LogP contribution is -2.12. The molecule has 2 rings (SSSR count). The highest BCUT2D eigenvalue weighted by molar-refractivity contribution is 7.12. The maximum Gasteiger partial charge on any atom is 0.343 e. The number of methoxy groups -OCH3 is 1. The number of hydrogen-bond acceptors (Lipinski definition) is 5. The average molecular weight is 305 g/mol. The van der Waals surface area contributed by atoms with E-state index in [-0.39, 0.29) is 18.6 Å². The van der Waals surface area contributed by atoms with Crippen LogP contribution < -0.4 is 10.1 Å². The third-order valence-corrected chi connectivity index (χ3v) is 4.19. The smallest absolute Gasteiger partial charge is 0.343 e. The summed E-state index contributed by atoms with van der Waals surface area (Å²) in [5.41, 5.74) is 1.01. The minimum Gasteiger partial charge on any atom is -0.482 e. The number of aryl methyl sites for hydroxylation is 1. The molecule has 0 aliphatic heterocycles. The van der Waals surface area contributed by atoms with Crippen molar-refractivity contribution >= 4 is 23.0 Å². The quantitative estimate of drug-likeness (QED) is 0.825. The number of hydrogen-bond donors (Lipinski definition) is 1. The second kappa shape index (κ2) is 7.13. The molecule has 2 aromatic rings. The van der Waals surface area contributed by atoms with Gasteiger partial charge >= 0.3 is 5.97 Å². The van der Waals surface area contributed by atoms with Gasteiger partial charge in [-0.25, -0.2) is 4.79 Å². The maximum absolute atomic E-state index is 11.0. The number of benzene rings is 1. The highest BCUT2D eigenvalue weighted by atomic mass is 32.1. The molecule has 0 aliphatic carbocycles. The number of thiophene rings is 1. The maximum atomic E-state index is 11.0. The molecule has 5 heteroatoms. The fraction of sp³-hybridized carbons (Fsp3) is 0.312. The van der Waals surface area contributed by atoms with Crippen molar-refractivity contribution in [2.24, 2.45) is 0 Å². The van der Waals surface area contributed by atoms with Gasteiger partial charge < -0.3 is 14.8 Å². The topological polar surface area (TPSA) is 47.6 Å². The minimum atomic E-state index is -0.390. The van der Waals surface area contributed by atoms with Gasteiger partial charge in [0.2, 0.25) is 0 Å². The third-order valence-electron chi connectivity index (χ3n) is 3.01. The van der Waals surface area contributed by atoms with E-state index in [9.17, 15) is 4.79 Å². The number of carbonyl (C=O) groups excluding carboxylic acids is 1. The summed E-state index contributed by atoms with van der Waals surface area (Å²) in [4.78, 5) is 13.6. The molecule has 1 aromatic heterocycles. The summed E-state index contributed by atoms with van der Waals surface area (Å²) in [5, 5.41) is 3.44. The van der Waals surface area contributed by atoms with Crippen molar-refractivity contribution in [3.63, 3.8) is 0 Å². The molecule has 0 saturated heterocycles. The van der Waals surface area contributed by atoms with E-state index in [1.807, 2.05) is 24.3 Å². The number of rotatable bonds is 6. The summed E-state index contributed by atoms with van der Waals surface area (Å²) in [6.07, 6.45) is 0. The van der Waals surface area contributed by atoms with Crippen molar-refractivity contribution in [2.45, 2.75) is 19.9 Å². The van der Waals surface area contributed by atoms with Gasteiger partial charge in [0.25, 0.3) is 0 Å². The molecule has 4 nitrogen and oxygen atoms in total. The monoisotopic (exact) mass is 305 g/mol. The van der Waals surface area contributed by atoms with Crippen LogP contribution in [-0.4, -0.2) is 19.7 Å². The first-order chi connectivity index (χ1) is 10.1. The van der Waals surface area contributed by atoms with E-state index in [2.05, 4.69) is 36.0 Å². The lowest BCUT2D eigenvalue weighted by molar-refractivity contribution is -0.142. The van der Waals surface area contributed by atoms with E-state index in [1.54, 1.807) is 11.3 Å². The van der Waals surface area contributed by atoms with Gasteiger partial charge in [0.15, 0.2) is 6.61 Å². The Morgan fingerprint density at radius 1 is 1.24 bits per heavy atom. The van der Waals surface area contributed by atoms with E-state index in [0.717, 1.165) is 5.69 Å². The van der Waals surface area contributed by atoms with Crippen LogP contribution in [0.3, 0.4) is 0 Å². The summed E-state index contributed by atoms with van der Waals surface area (Å²) in [7, 11) is 1.34. The van der Waals surface area contributed by atoms with Crippen LogP contribution in [0.4, 0.5) is 5.69 Å². The number of ether oxygens (including phenoxy) is 2. The van der Waals surface area contributed by atoms with Crippen molar-refractivity contribution in [1.82, 2.24) is 0 Å². The standard InChI is InChI=1S/C16H19NO3S/c1-11-4-9-15(21-11)12(2)17-13-5-7-14(8-6-13)20-10-16(18)19-3/h4-9,12,17H,10H2,1-3H3. The lowest BCUT2D eigenvalue weighted by Gasteiger charge is -2.14. The Kier molecular flexibility index (Phi) is 5.22. The Labute approximate surface area is 128 Å². The van der Waals surface area contributed by atoms with Gasteiger partial charge in [0, 0.05) is 15.4 Å². The fourth-order valence-electron chi connectivity index (χ4n) is 1.86. The molecule has 1 atom stereocenters. The van der Waals surface area contributed by atoms with Gasteiger partial charge in [-0.1, -0.05) is 0 Å². The number of anilines is 1. The Balaban J connectivity index is 1.91. The largest absolute Gasteiger partial charge is 0.482 e. The van der Waals surface area contributed by atoms with Gasteiger partial charge in [-0.15, -0.1) is 11.3 Å². The van der Waals surface area contributed by atoms with Crippen molar-refractivity contribution in [3.8, 4) is 5.75 Å². The van der Waals surface area contributed by atoms with Gasteiger partial charge in [-0.3, -0.25) is 0 Å². The average Bonchev–Trinajstić information content (AvgIpc) is 2.93. The summed E-state index contributed by atoms with van der Waals surface area (Å²) in [6, 6.07) is 12.1. The van der Waals surface area contributed by atoms with Crippen molar-refractivity contribution in [3.05, 3.63) is 46.2 Å². The number of nitrogens with one attached hydrogen (secondary N) is 1. The zero-order valence-electron chi connectivity index (χ0n) is 12.4. The van der Waals surface area contributed by atoms with Gasteiger partial charge in [-0.2, -0.15) is 0 Å². The summed E-state index contributed by atoms with van der Waals surface area (Å²) < 4.78 is 9.83. The molecule has 1 N–H and O–H groups in total. The molecular weight excluding hydrogens is 286 g/mol. The SMILES string of the molecule is COC(=O)COc1ccc(NC(C)c2ccc(C)s2)cc1. The van der Waals surface area contributed by atoms with Crippen LogP contribution >= 0.6 is 11.3 Å². The first-order valence-electron chi connectivity index (χ1n) is 6.71. The molecule has 0 aliphatic rings. The summed E-state index contributed by atoms with van der Waals surface area (Å²) in [5.74, 6) is 0.254. The molecule has 0 spiro atoms. The number of carbonyl (C=O) groups is 1. The predicted octanol–water partition coefficient (Wildman–Crippen LogP) is 3.78. The van der Waals surface area contributed by atoms with E-state index in [1.165, 1.54) is 16.9 Å². The Morgan fingerprint density at radius 2 is 1.95 bits per heavy atom. The van der Waals surface area contributed by atoms with Crippen LogP contribution in [-0.2, 0) is 9.53 Å². The second-order valence-electron chi connectivity index (χ2n) is 4.70. The van der Waals surface area contributed by atoms with Crippen molar-refractivity contribution in [1.29, 1.82) is 0 Å². The lowest BCUT2D eigenvalue weighted by atomic mass is 10.2. The van der Waals surface area contributed by atoms with Crippen LogP contribution in [0.25, 0.3) is 0 Å². The normalized spacial score (nSPS) is 11.8. The van der Waals surface area contributed by atoms with E-state index in [4.69, 9.17) is 4.74 Å². The second-order valence-corrected chi connectivity index (χ2v) is 6.02. The predicted molar refractivity (Wildman–Crippen MR) is 85.0 cm³/mol. The molecule has 1 aromatic carbocycles. The zero-order chi connectivity index (χ0) is 15.2. The highest BCUT2D eigenvalue weighted by Crippen LogP contribution is 2.26. The minimum absolute atomic E-state index is 0.0752. The molecular formula is C16H19NO3S. The number of esters is 1. The van der Waals surface area contributed by atoms with Crippen LogP contribution in [0.2, 0.25) is 0 Å². The molecule has 21 heavy (non-hydrogen) atoms. The first kappa shape index (κ1) is 15.4. The molecule has 1 unspecified atom stereocenters. The summed E-state index contributed by atoms with van der Waals surface area (Å²) >= 11 is 1.79. The molecule has 0 saturated carbocycles. The molecule has 0 radical (unpaired) electrons. The molecule has 0 amide bonds. The van der Waals surface area contributed by atoms with Crippen molar-refractivity contribution in [2.75, 3.05) is 19.0 Å². The highest BCUT2D eigenvalue weighted by Gasteiger charge is 2.08. The van der Waals surface area contributed by atoms with Crippen LogP contribution in [0.5, 0.6) is 5.75 Å². The first-order valence-corrected chi connectivity index (χ1v) is 7.52.